The van der Waals surface area contributed by atoms with Crippen LogP contribution < -0.4 is 4.72 Å². The number of benzene rings is 1. The molecule has 114 valence electrons. The van der Waals surface area contributed by atoms with Gasteiger partial charge in [-0.05, 0) is 39.0 Å². The van der Waals surface area contributed by atoms with Crippen molar-refractivity contribution in [3.63, 3.8) is 0 Å². The predicted octanol–water partition coefficient (Wildman–Crippen LogP) is 2.68. The lowest BCUT2D eigenvalue weighted by molar-refractivity contribution is 0.0526. The topological polar surface area (TPSA) is 85.6 Å². The number of hydrogen-bond donors (Lipinski definition) is 1. The molecule has 0 atom stereocenters. The zero-order valence-corrected chi connectivity index (χ0v) is 12.9. The van der Waals surface area contributed by atoms with Gasteiger partial charge in [-0.15, -0.1) is 0 Å². The second-order valence-corrected chi connectivity index (χ2v) is 6.48. The van der Waals surface area contributed by atoms with Gasteiger partial charge in [0, 0.05) is 11.1 Å². The monoisotopic (exact) mass is 311 g/mol. The summed E-state index contributed by atoms with van der Waals surface area (Å²) >= 11 is 0. The summed E-state index contributed by atoms with van der Waals surface area (Å²) in [5.41, 5.74) is 1.22. The van der Waals surface area contributed by atoms with Crippen LogP contribution >= 0.6 is 0 Å². The van der Waals surface area contributed by atoms with Crippen LogP contribution in [0.1, 0.15) is 30.0 Å². The largest absolute Gasteiger partial charge is 0.462 e. The van der Waals surface area contributed by atoms with Crippen molar-refractivity contribution in [2.24, 2.45) is 0 Å². The fourth-order valence-corrected chi connectivity index (χ4v) is 2.62. The summed E-state index contributed by atoms with van der Waals surface area (Å²) in [6.45, 7) is 5.19. The molecule has 21 heavy (non-hydrogen) atoms. The molecule has 6 nitrogen and oxygen atoms in total. The molecule has 0 saturated carbocycles. The Morgan fingerprint density at radius 3 is 2.67 bits per heavy atom. The minimum atomic E-state index is -3.37. The standard InChI is InChI=1S/C14H17NO5S/c1-4-19-14(16)13-9(3)20-12-7-6-10(8-11(12)13)15-21(17,18)5-2/h6-8,15H,4-5H2,1-3H3. The van der Waals surface area contributed by atoms with Crippen molar-refractivity contribution in [1.29, 1.82) is 0 Å². The summed E-state index contributed by atoms with van der Waals surface area (Å²) in [7, 11) is -3.37. The van der Waals surface area contributed by atoms with Crippen molar-refractivity contribution >= 4 is 32.6 Å². The molecule has 2 rings (SSSR count). The summed E-state index contributed by atoms with van der Waals surface area (Å²) in [6.07, 6.45) is 0. The van der Waals surface area contributed by atoms with Crippen molar-refractivity contribution in [1.82, 2.24) is 0 Å². The molecule has 1 aromatic heterocycles. The molecule has 1 aromatic carbocycles. The number of nitrogens with one attached hydrogen (secondary N) is 1. The lowest BCUT2D eigenvalue weighted by Gasteiger charge is -2.06. The zero-order chi connectivity index (χ0) is 15.6. The number of aryl methyl sites for hydroxylation is 1. The molecule has 7 heteroatoms. The highest BCUT2D eigenvalue weighted by Gasteiger charge is 2.20. The third-order valence-corrected chi connectivity index (χ3v) is 4.30. The number of fused-ring (bicyclic) bond motifs is 1. The fraction of sp³-hybridized carbons (Fsp3) is 0.357. The van der Waals surface area contributed by atoms with Crippen LogP contribution in [0.3, 0.4) is 0 Å². The first-order chi connectivity index (χ1) is 9.88. The summed E-state index contributed by atoms with van der Waals surface area (Å²) in [5.74, 6) is -0.0663. The summed E-state index contributed by atoms with van der Waals surface area (Å²) in [4.78, 5) is 12.0. The lowest BCUT2D eigenvalue weighted by Crippen LogP contribution is -2.14. The van der Waals surface area contributed by atoms with Crippen molar-refractivity contribution < 1.29 is 22.4 Å². The molecule has 0 spiro atoms. The van der Waals surface area contributed by atoms with E-state index >= 15 is 0 Å². The highest BCUT2D eigenvalue weighted by Crippen LogP contribution is 2.29. The van der Waals surface area contributed by atoms with Gasteiger partial charge in [-0.25, -0.2) is 13.2 Å². The van der Waals surface area contributed by atoms with Gasteiger partial charge in [0.15, 0.2) is 0 Å². The van der Waals surface area contributed by atoms with E-state index in [1.807, 2.05) is 0 Å². The molecule has 0 saturated heterocycles. The van der Waals surface area contributed by atoms with E-state index in [1.165, 1.54) is 0 Å². The average molecular weight is 311 g/mol. The third-order valence-electron chi connectivity index (χ3n) is 3.00. The molecule has 0 aliphatic carbocycles. The number of carbonyl (C=O) groups excluding carboxylic acids is 1. The van der Waals surface area contributed by atoms with Crippen LogP contribution in [0, 0.1) is 6.92 Å². The quantitative estimate of drug-likeness (QED) is 0.858. The summed E-state index contributed by atoms with van der Waals surface area (Å²) in [6, 6.07) is 4.79. The van der Waals surface area contributed by atoms with Gasteiger partial charge in [0.2, 0.25) is 10.0 Å². The van der Waals surface area contributed by atoms with E-state index in [4.69, 9.17) is 9.15 Å². The first-order valence-corrected chi connectivity index (χ1v) is 8.24. The normalized spacial score (nSPS) is 11.6. The van der Waals surface area contributed by atoms with Crippen LogP contribution in [-0.4, -0.2) is 26.7 Å². The molecule has 0 radical (unpaired) electrons. The molecule has 1 N–H and O–H groups in total. The molecular weight excluding hydrogens is 294 g/mol. The van der Waals surface area contributed by atoms with Gasteiger partial charge in [0.1, 0.15) is 16.9 Å². The Hall–Kier alpha value is -2.02. The van der Waals surface area contributed by atoms with Crippen molar-refractivity contribution in [3.8, 4) is 0 Å². The Kier molecular flexibility index (Phi) is 4.22. The number of hydrogen-bond acceptors (Lipinski definition) is 5. The number of furan rings is 1. The minimum absolute atomic E-state index is 0.0276. The smallest absolute Gasteiger partial charge is 0.342 e. The number of sulfonamides is 1. The van der Waals surface area contributed by atoms with Crippen LogP contribution in [0.15, 0.2) is 22.6 Å². The number of esters is 1. The molecule has 0 aliphatic heterocycles. The van der Waals surface area contributed by atoms with Crippen LogP contribution in [0.25, 0.3) is 11.0 Å². The molecule has 0 fully saturated rings. The van der Waals surface area contributed by atoms with E-state index in [9.17, 15) is 13.2 Å². The summed E-state index contributed by atoms with van der Waals surface area (Å²) in [5, 5.41) is 0.530. The first-order valence-electron chi connectivity index (χ1n) is 6.58. The Morgan fingerprint density at radius 1 is 1.33 bits per heavy atom. The Bertz CT molecular complexity index is 776. The maximum absolute atomic E-state index is 12.0. The Balaban J connectivity index is 2.51. The number of carbonyl (C=O) groups is 1. The van der Waals surface area contributed by atoms with Crippen molar-refractivity contribution in [2.75, 3.05) is 17.1 Å². The van der Waals surface area contributed by atoms with E-state index in [-0.39, 0.29) is 12.4 Å². The number of ether oxygens (including phenoxy) is 1. The zero-order valence-electron chi connectivity index (χ0n) is 12.1. The minimum Gasteiger partial charge on any atom is -0.462 e. The first kappa shape index (κ1) is 15.4. The van der Waals surface area contributed by atoms with Gasteiger partial charge in [-0.1, -0.05) is 0 Å². The molecule has 1 heterocycles. The molecule has 0 amide bonds. The highest BCUT2D eigenvalue weighted by atomic mass is 32.2. The van der Waals surface area contributed by atoms with Crippen LogP contribution in [-0.2, 0) is 14.8 Å². The third kappa shape index (κ3) is 3.18. The van der Waals surface area contributed by atoms with E-state index in [0.717, 1.165) is 0 Å². The van der Waals surface area contributed by atoms with Gasteiger partial charge in [0.05, 0.1) is 12.4 Å². The van der Waals surface area contributed by atoms with Crippen LogP contribution in [0.5, 0.6) is 0 Å². The van der Waals surface area contributed by atoms with Gasteiger partial charge in [-0.2, -0.15) is 0 Å². The molecule has 0 bridgehead atoms. The molecule has 0 aliphatic rings. The van der Waals surface area contributed by atoms with E-state index in [0.29, 0.717) is 28.0 Å². The maximum Gasteiger partial charge on any atom is 0.342 e. The second-order valence-electron chi connectivity index (χ2n) is 4.47. The summed E-state index contributed by atoms with van der Waals surface area (Å²) < 4.78 is 36.2. The van der Waals surface area contributed by atoms with E-state index in [1.54, 1.807) is 39.0 Å². The highest BCUT2D eigenvalue weighted by molar-refractivity contribution is 7.92. The van der Waals surface area contributed by atoms with Crippen molar-refractivity contribution in [2.45, 2.75) is 20.8 Å². The van der Waals surface area contributed by atoms with Gasteiger partial charge >= 0.3 is 5.97 Å². The molecule has 2 aromatic rings. The second kappa shape index (κ2) is 5.77. The Labute approximate surface area is 123 Å². The molecular formula is C14H17NO5S. The fourth-order valence-electron chi connectivity index (χ4n) is 1.99. The van der Waals surface area contributed by atoms with E-state index in [2.05, 4.69) is 4.72 Å². The predicted molar refractivity (Wildman–Crippen MR) is 80.0 cm³/mol. The number of rotatable bonds is 5. The van der Waals surface area contributed by atoms with Gasteiger partial charge in [-0.3, -0.25) is 4.72 Å². The van der Waals surface area contributed by atoms with E-state index < -0.39 is 16.0 Å². The Morgan fingerprint density at radius 2 is 2.05 bits per heavy atom. The molecule has 0 unspecified atom stereocenters. The van der Waals surface area contributed by atoms with Crippen LogP contribution in [0.4, 0.5) is 5.69 Å². The average Bonchev–Trinajstić information content (AvgIpc) is 2.74. The number of anilines is 1. The van der Waals surface area contributed by atoms with Gasteiger partial charge in [0.25, 0.3) is 0 Å². The van der Waals surface area contributed by atoms with Gasteiger partial charge < -0.3 is 9.15 Å². The van der Waals surface area contributed by atoms with Crippen LogP contribution in [0.2, 0.25) is 0 Å². The van der Waals surface area contributed by atoms with Crippen molar-refractivity contribution in [3.05, 3.63) is 29.5 Å². The lowest BCUT2D eigenvalue weighted by atomic mass is 10.1. The SMILES string of the molecule is CCOC(=O)c1c(C)oc2ccc(NS(=O)(=O)CC)cc12. The maximum atomic E-state index is 12.0.